The molecule has 1 aromatic heterocycles. The summed E-state index contributed by atoms with van der Waals surface area (Å²) in [4.78, 5) is 41.6. The largest absolute Gasteiger partial charge is 0.318 e. The highest BCUT2D eigenvalue weighted by molar-refractivity contribution is 6.43. The minimum atomic E-state index is -1.17. The van der Waals surface area contributed by atoms with Crippen molar-refractivity contribution < 1.29 is 18.4 Å². The highest BCUT2D eigenvalue weighted by atomic mass is 19.1. The van der Waals surface area contributed by atoms with Gasteiger partial charge in [0.15, 0.2) is 0 Å². The first kappa shape index (κ1) is 19.7. The molecule has 0 unspecified atom stereocenters. The van der Waals surface area contributed by atoms with Gasteiger partial charge in [-0.05, 0) is 43.2 Å². The van der Waals surface area contributed by atoms with Crippen LogP contribution in [0.3, 0.4) is 0 Å². The van der Waals surface area contributed by atoms with Gasteiger partial charge in [-0.2, -0.15) is 0 Å². The predicted octanol–water partition coefficient (Wildman–Crippen LogP) is 2.98. The fourth-order valence-corrected chi connectivity index (χ4v) is 3.46. The van der Waals surface area contributed by atoms with E-state index in [0.29, 0.717) is 17.4 Å². The molecule has 0 saturated carbocycles. The van der Waals surface area contributed by atoms with E-state index in [0.717, 1.165) is 49.7 Å². The average molecular weight is 412 g/mol. The quantitative estimate of drug-likeness (QED) is 0.633. The van der Waals surface area contributed by atoms with E-state index in [9.17, 15) is 23.2 Å². The first-order valence-corrected chi connectivity index (χ1v) is 9.53. The Morgan fingerprint density at radius 3 is 2.60 bits per heavy atom. The number of hydrogen-bond acceptors (Lipinski definition) is 4. The lowest BCUT2D eigenvalue weighted by Gasteiger charge is -2.11. The number of halogens is 2. The topological polar surface area (TPSA) is 93.1 Å². The first-order chi connectivity index (χ1) is 14.4. The molecule has 2 heterocycles. The second-order valence-electron chi connectivity index (χ2n) is 7.06. The monoisotopic (exact) mass is 412 g/mol. The van der Waals surface area contributed by atoms with Crippen LogP contribution in [0, 0.1) is 11.6 Å². The molecule has 30 heavy (non-hydrogen) atoms. The van der Waals surface area contributed by atoms with Crippen LogP contribution in [0.2, 0.25) is 0 Å². The van der Waals surface area contributed by atoms with Gasteiger partial charge in [0.05, 0.1) is 16.6 Å². The molecule has 0 saturated heterocycles. The molecule has 3 aromatic rings. The SMILES string of the molecule is O=C(Nc1ccc2nc3n(c(=O)c2c1)CCCCC3)C(=O)Nc1cc(F)ccc1F. The maximum Gasteiger partial charge on any atom is 0.314 e. The van der Waals surface area contributed by atoms with Crippen LogP contribution in [-0.4, -0.2) is 21.4 Å². The van der Waals surface area contributed by atoms with Crippen molar-refractivity contribution in [2.24, 2.45) is 0 Å². The molecule has 2 aromatic carbocycles. The molecular formula is C21H18F2N4O3. The summed E-state index contributed by atoms with van der Waals surface area (Å²) in [5.74, 6) is -3.13. The van der Waals surface area contributed by atoms with Crippen LogP contribution >= 0.6 is 0 Å². The number of amides is 2. The van der Waals surface area contributed by atoms with Crippen molar-refractivity contribution in [1.82, 2.24) is 9.55 Å². The number of nitrogens with zero attached hydrogens (tertiary/aromatic N) is 2. The van der Waals surface area contributed by atoms with Crippen molar-refractivity contribution in [2.75, 3.05) is 10.6 Å². The van der Waals surface area contributed by atoms with E-state index < -0.39 is 29.1 Å². The standard InChI is InChI=1S/C21H18F2N4O3/c22-12-5-7-15(23)17(10-12)26-20(29)19(28)24-13-6-8-16-14(11-13)21(30)27-9-3-1-2-4-18(27)25-16/h5-8,10-11H,1-4,9H2,(H,24,28)(H,26,29). The Kier molecular flexibility index (Phi) is 5.26. The molecule has 2 N–H and O–H groups in total. The maximum atomic E-state index is 13.6. The number of anilines is 2. The number of rotatable bonds is 2. The first-order valence-electron chi connectivity index (χ1n) is 9.53. The summed E-state index contributed by atoms with van der Waals surface area (Å²) in [6.07, 6.45) is 3.64. The van der Waals surface area contributed by atoms with Gasteiger partial charge in [-0.3, -0.25) is 19.0 Å². The Balaban J connectivity index is 1.57. The van der Waals surface area contributed by atoms with Crippen LogP contribution in [-0.2, 0) is 22.6 Å². The molecular weight excluding hydrogens is 394 g/mol. The van der Waals surface area contributed by atoms with Gasteiger partial charge >= 0.3 is 11.8 Å². The minimum absolute atomic E-state index is 0.195. The normalized spacial score (nSPS) is 13.4. The van der Waals surface area contributed by atoms with E-state index in [1.165, 1.54) is 12.1 Å². The van der Waals surface area contributed by atoms with Crippen molar-refractivity contribution in [3.05, 3.63) is 64.2 Å². The van der Waals surface area contributed by atoms with Gasteiger partial charge in [0.2, 0.25) is 0 Å². The van der Waals surface area contributed by atoms with E-state index in [-0.39, 0.29) is 11.2 Å². The molecule has 7 nitrogen and oxygen atoms in total. The minimum Gasteiger partial charge on any atom is -0.318 e. The van der Waals surface area contributed by atoms with E-state index >= 15 is 0 Å². The second kappa shape index (κ2) is 8.02. The summed E-state index contributed by atoms with van der Waals surface area (Å²) >= 11 is 0. The van der Waals surface area contributed by atoms with E-state index in [2.05, 4.69) is 10.3 Å². The van der Waals surface area contributed by atoms with E-state index in [1.807, 2.05) is 5.32 Å². The van der Waals surface area contributed by atoms with Crippen molar-refractivity contribution in [3.8, 4) is 0 Å². The van der Waals surface area contributed by atoms with Crippen LogP contribution in [0.5, 0.6) is 0 Å². The second-order valence-corrected chi connectivity index (χ2v) is 7.06. The highest BCUT2D eigenvalue weighted by Gasteiger charge is 2.18. The number of aromatic nitrogens is 2. The smallest absolute Gasteiger partial charge is 0.314 e. The maximum absolute atomic E-state index is 13.6. The molecule has 0 aliphatic carbocycles. The number of aryl methyl sites for hydroxylation is 1. The van der Waals surface area contributed by atoms with Gasteiger partial charge in [0, 0.05) is 24.7 Å². The lowest BCUT2D eigenvalue weighted by atomic mass is 10.2. The van der Waals surface area contributed by atoms with Gasteiger partial charge in [0.25, 0.3) is 5.56 Å². The number of carbonyl (C=O) groups is 2. The lowest BCUT2D eigenvalue weighted by molar-refractivity contribution is -0.133. The summed E-state index contributed by atoms with van der Waals surface area (Å²) in [6.45, 7) is 0.593. The van der Waals surface area contributed by atoms with Gasteiger partial charge < -0.3 is 10.6 Å². The van der Waals surface area contributed by atoms with Crippen molar-refractivity contribution in [1.29, 1.82) is 0 Å². The summed E-state index contributed by atoms with van der Waals surface area (Å²) in [5.41, 5.74) is 0.0888. The van der Waals surface area contributed by atoms with Gasteiger partial charge in [-0.1, -0.05) is 6.42 Å². The zero-order valence-corrected chi connectivity index (χ0v) is 15.9. The average Bonchev–Trinajstić information content (AvgIpc) is 2.97. The Hall–Kier alpha value is -3.62. The van der Waals surface area contributed by atoms with Crippen LogP contribution in [0.1, 0.15) is 25.1 Å². The lowest BCUT2D eigenvalue weighted by Crippen LogP contribution is -2.29. The fourth-order valence-electron chi connectivity index (χ4n) is 3.46. The van der Waals surface area contributed by atoms with Gasteiger partial charge in [0.1, 0.15) is 17.5 Å². The zero-order chi connectivity index (χ0) is 21.3. The van der Waals surface area contributed by atoms with Crippen molar-refractivity contribution in [2.45, 2.75) is 32.2 Å². The molecule has 154 valence electrons. The zero-order valence-electron chi connectivity index (χ0n) is 15.9. The predicted molar refractivity (Wildman–Crippen MR) is 107 cm³/mol. The van der Waals surface area contributed by atoms with Crippen LogP contribution in [0.25, 0.3) is 10.9 Å². The summed E-state index contributed by atoms with van der Waals surface area (Å²) in [5, 5.41) is 4.72. The molecule has 2 amide bonds. The van der Waals surface area contributed by atoms with Crippen molar-refractivity contribution >= 4 is 34.1 Å². The third kappa shape index (κ3) is 3.91. The number of carbonyl (C=O) groups excluding carboxylic acids is 2. The molecule has 9 heteroatoms. The Labute approximate surface area is 169 Å². The fraction of sp³-hybridized carbons (Fsp3) is 0.238. The van der Waals surface area contributed by atoms with E-state index in [1.54, 1.807) is 10.6 Å². The number of hydrogen-bond donors (Lipinski definition) is 2. The van der Waals surface area contributed by atoms with Crippen LogP contribution in [0.15, 0.2) is 41.2 Å². The van der Waals surface area contributed by atoms with E-state index in [4.69, 9.17) is 0 Å². The number of fused-ring (bicyclic) bond motifs is 2. The molecule has 0 atom stereocenters. The van der Waals surface area contributed by atoms with Gasteiger partial charge in [-0.25, -0.2) is 13.8 Å². The molecule has 0 bridgehead atoms. The van der Waals surface area contributed by atoms with Crippen LogP contribution < -0.4 is 16.2 Å². The van der Waals surface area contributed by atoms with Crippen LogP contribution in [0.4, 0.5) is 20.2 Å². The Morgan fingerprint density at radius 2 is 1.77 bits per heavy atom. The molecule has 1 aliphatic heterocycles. The molecule has 0 fully saturated rings. The molecule has 1 aliphatic rings. The number of nitrogens with one attached hydrogen (secondary N) is 2. The highest BCUT2D eigenvalue weighted by Crippen LogP contribution is 2.19. The Morgan fingerprint density at radius 1 is 0.967 bits per heavy atom. The Bertz CT molecular complexity index is 1220. The summed E-state index contributed by atoms with van der Waals surface area (Å²) in [6, 6.07) is 7.09. The van der Waals surface area contributed by atoms with Gasteiger partial charge in [-0.15, -0.1) is 0 Å². The number of benzene rings is 2. The van der Waals surface area contributed by atoms with Crippen molar-refractivity contribution in [3.63, 3.8) is 0 Å². The molecule has 0 radical (unpaired) electrons. The third-order valence-corrected chi connectivity index (χ3v) is 4.96. The summed E-state index contributed by atoms with van der Waals surface area (Å²) < 4.78 is 28.5. The molecule has 0 spiro atoms. The third-order valence-electron chi connectivity index (χ3n) is 4.96. The molecule has 4 rings (SSSR count). The summed E-state index contributed by atoms with van der Waals surface area (Å²) in [7, 11) is 0.